The Kier molecular flexibility index (Phi) is 5.16. The molecule has 0 spiro atoms. The molecule has 0 unspecified atom stereocenters. The van der Waals surface area contributed by atoms with E-state index in [1.165, 1.54) is 0 Å². The van der Waals surface area contributed by atoms with Crippen LogP contribution in [0.2, 0.25) is 0 Å². The van der Waals surface area contributed by atoms with Gasteiger partial charge < -0.3 is 5.11 Å². The van der Waals surface area contributed by atoms with Gasteiger partial charge in [-0.3, -0.25) is 4.72 Å². The van der Waals surface area contributed by atoms with Crippen LogP contribution in [0.1, 0.15) is 11.1 Å². The predicted molar refractivity (Wildman–Crippen MR) is 77.4 cm³/mol. The molecule has 1 aromatic carbocycles. The second-order valence-corrected chi connectivity index (χ2v) is 8.50. The summed E-state index contributed by atoms with van der Waals surface area (Å²) in [5.74, 6) is 5.01. The minimum Gasteiger partial charge on any atom is -0.384 e. The van der Waals surface area contributed by atoms with Crippen LogP contribution in [0.15, 0.2) is 18.2 Å². The van der Waals surface area contributed by atoms with E-state index in [1.807, 2.05) is 0 Å². The summed E-state index contributed by atoms with van der Waals surface area (Å²) < 4.78 is 47.9. The highest BCUT2D eigenvalue weighted by Gasteiger charge is 2.19. The Hall–Kier alpha value is -1.56. The highest BCUT2D eigenvalue weighted by atomic mass is 32.3. The lowest BCUT2D eigenvalue weighted by atomic mass is 10.1. The van der Waals surface area contributed by atoms with E-state index in [1.54, 1.807) is 25.1 Å². The van der Waals surface area contributed by atoms with Gasteiger partial charge in [-0.25, -0.2) is 16.8 Å². The Labute approximate surface area is 118 Å². The third-order valence-corrected chi connectivity index (χ3v) is 5.60. The molecule has 110 valence electrons. The van der Waals surface area contributed by atoms with Crippen molar-refractivity contribution in [2.75, 3.05) is 22.7 Å². The van der Waals surface area contributed by atoms with Crippen molar-refractivity contribution < 1.29 is 21.9 Å². The van der Waals surface area contributed by atoms with E-state index < -0.39 is 24.9 Å². The van der Waals surface area contributed by atoms with Gasteiger partial charge in [0.05, 0.1) is 5.69 Å². The van der Waals surface area contributed by atoms with E-state index in [0.29, 0.717) is 5.56 Å². The number of nitrogens with one attached hydrogen (secondary N) is 1. The largest absolute Gasteiger partial charge is 0.384 e. The highest BCUT2D eigenvalue weighted by Crippen LogP contribution is 2.18. The number of sulfone groups is 1. The van der Waals surface area contributed by atoms with Crippen LogP contribution in [0, 0.1) is 18.8 Å². The number of aryl methyl sites for hydroxylation is 1. The van der Waals surface area contributed by atoms with E-state index in [-0.39, 0.29) is 12.3 Å². The van der Waals surface area contributed by atoms with Crippen molar-refractivity contribution in [3.05, 3.63) is 29.3 Å². The lowest BCUT2D eigenvalue weighted by Crippen LogP contribution is -2.22. The van der Waals surface area contributed by atoms with Crippen molar-refractivity contribution in [1.82, 2.24) is 0 Å². The van der Waals surface area contributed by atoms with Crippen LogP contribution in [0.3, 0.4) is 0 Å². The normalized spacial score (nSPS) is 11.6. The molecule has 0 aromatic heterocycles. The van der Waals surface area contributed by atoms with Crippen LogP contribution in [0.5, 0.6) is 0 Å². The Morgan fingerprint density at radius 2 is 1.90 bits per heavy atom. The van der Waals surface area contributed by atoms with Crippen molar-refractivity contribution in [1.29, 1.82) is 0 Å². The molecule has 0 fully saturated rings. The van der Waals surface area contributed by atoms with Gasteiger partial charge in [0.2, 0.25) is 10.0 Å². The fourth-order valence-electron chi connectivity index (χ4n) is 1.47. The summed E-state index contributed by atoms with van der Waals surface area (Å²) in [5.41, 5.74) is 1.34. The monoisotopic (exact) mass is 317 g/mol. The van der Waals surface area contributed by atoms with Crippen LogP contribution in [-0.4, -0.2) is 39.9 Å². The van der Waals surface area contributed by atoms with Gasteiger partial charge in [0, 0.05) is 11.8 Å². The third kappa shape index (κ3) is 5.61. The van der Waals surface area contributed by atoms with Crippen LogP contribution in [-0.2, 0) is 19.9 Å². The summed E-state index contributed by atoms with van der Waals surface area (Å²) in [5, 5.41) is 7.67. The zero-order valence-electron chi connectivity index (χ0n) is 11.0. The number of benzene rings is 1. The molecule has 2 N–H and O–H groups in total. The minimum atomic E-state index is -4.02. The van der Waals surface area contributed by atoms with Gasteiger partial charge in [-0.05, 0) is 24.6 Å². The molecule has 1 aromatic rings. The maximum atomic E-state index is 11.8. The smallest absolute Gasteiger partial charge is 0.247 e. The zero-order chi connectivity index (χ0) is 15.4. The molecule has 0 radical (unpaired) electrons. The molecule has 1 rings (SSSR count). The summed E-state index contributed by atoms with van der Waals surface area (Å²) in [6, 6.07) is 4.87. The molecule has 0 aliphatic heterocycles. The van der Waals surface area contributed by atoms with Crippen LogP contribution in [0.4, 0.5) is 5.69 Å². The van der Waals surface area contributed by atoms with Crippen molar-refractivity contribution in [3.8, 4) is 11.8 Å². The average Bonchev–Trinajstić information content (AvgIpc) is 2.24. The molecular weight excluding hydrogens is 302 g/mol. The summed E-state index contributed by atoms with van der Waals surface area (Å²) in [6.07, 6.45) is 0.842. The molecule has 0 heterocycles. The molecule has 0 saturated heterocycles. The van der Waals surface area contributed by atoms with Gasteiger partial charge >= 0.3 is 0 Å². The molecule has 6 nitrogen and oxygen atoms in total. The molecular formula is C12H15NO5S2. The Bertz CT molecular complexity index is 755. The van der Waals surface area contributed by atoms with E-state index in [2.05, 4.69) is 16.6 Å². The lowest BCUT2D eigenvalue weighted by Gasteiger charge is -2.10. The summed E-state index contributed by atoms with van der Waals surface area (Å²) in [6.45, 7) is 1.40. The topological polar surface area (TPSA) is 101 Å². The first kappa shape index (κ1) is 16.5. The Morgan fingerprint density at radius 1 is 1.25 bits per heavy atom. The fraction of sp³-hybridized carbons (Fsp3) is 0.333. The number of aliphatic hydroxyl groups excluding tert-OH is 1. The summed E-state index contributed by atoms with van der Waals surface area (Å²) in [7, 11) is -7.69. The van der Waals surface area contributed by atoms with Crippen molar-refractivity contribution in [3.63, 3.8) is 0 Å². The van der Waals surface area contributed by atoms with E-state index in [9.17, 15) is 16.8 Å². The maximum Gasteiger partial charge on any atom is 0.247 e. The maximum absolute atomic E-state index is 11.8. The van der Waals surface area contributed by atoms with Crippen LogP contribution < -0.4 is 4.72 Å². The van der Waals surface area contributed by atoms with Gasteiger partial charge in [-0.2, -0.15) is 0 Å². The second-order valence-electron chi connectivity index (χ2n) is 4.27. The number of aliphatic hydroxyl groups is 1. The number of sulfonamides is 1. The van der Waals surface area contributed by atoms with Crippen molar-refractivity contribution in [2.45, 2.75) is 6.92 Å². The summed E-state index contributed by atoms with van der Waals surface area (Å²) >= 11 is 0. The first-order valence-corrected chi connectivity index (χ1v) is 9.23. The van der Waals surface area contributed by atoms with Crippen molar-refractivity contribution >= 4 is 25.5 Å². The summed E-state index contributed by atoms with van der Waals surface area (Å²) in [4.78, 5) is 0. The number of rotatable bonds is 4. The second kappa shape index (κ2) is 6.26. The average molecular weight is 317 g/mol. The number of hydrogen-bond donors (Lipinski definition) is 2. The first-order valence-electron chi connectivity index (χ1n) is 5.51. The minimum absolute atomic E-state index is 0.189. The number of anilines is 1. The van der Waals surface area contributed by atoms with E-state index in [4.69, 9.17) is 5.11 Å². The molecule has 0 aliphatic carbocycles. The Balaban J connectivity index is 3.17. The van der Waals surface area contributed by atoms with Crippen LogP contribution in [0.25, 0.3) is 0 Å². The van der Waals surface area contributed by atoms with Gasteiger partial charge in [-0.15, -0.1) is 0 Å². The van der Waals surface area contributed by atoms with Gasteiger partial charge in [0.25, 0.3) is 0 Å². The van der Waals surface area contributed by atoms with Crippen LogP contribution >= 0.6 is 0 Å². The zero-order valence-corrected chi connectivity index (χ0v) is 12.7. The van der Waals surface area contributed by atoms with E-state index >= 15 is 0 Å². The number of hydrogen-bond acceptors (Lipinski definition) is 5. The molecule has 20 heavy (non-hydrogen) atoms. The van der Waals surface area contributed by atoms with Crippen molar-refractivity contribution in [2.24, 2.45) is 0 Å². The third-order valence-electron chi connectivity index (χ3n) is 2.11. The van der Waals surface area contributed by atoms with Gasteiger partial charge in [0.1, 0.15) is 6.61 Å². The standard InChI is InChI=1S/C12H15NO5S2/c1-10-5-6-11(4-3-7-14)12(8-10)13-20(17,18)9-19(2,15)16/h5-6,8,13-14H,7,9H2,1-2H3. The van der Waals surface area contributed by atoms with E-state index in [0.717, 1.165) is 11.8 Å². The molecule has 0 amide bonds. The molecule has 0 bridgehead atoms. The Morgan fingerprint density at radius 3 is 2.45 bits per heavy atom. The highest BCUT2D eigenvalue weighted by molar-refractivity contribution is 8.08. The lowest BCUT2D eigenvalue weighted by molar-refractivity contribution is 0.350. The molecule has 0 saturated carbocycles. The molecule has 0 atom stereocenters. The quantitative estimate of drug-likeness (QED) is 0.766. The van der Waals surface area contributed by atoms with Gasteiger partial charge in [0.15, 0.2) is 14.9 Å². The predicted octanol–water partition coefficient (Wildman–Crippen LogP) is 0.0826. The SMILES string of the molecule is Cc1ccc(C#CCO)c(NS(=O)(=O)CS(C)(=O)=O)c1. The molecule has 0 aliphatic rings. The first-order chi connectivity index (χ1) is 9.13. The van der Waals surface area contributed by atoms with Gasteiger partial charge in [-0.1, -0.05) is 17.9 Å². The fourth-order valence-corrected chi connectivity index (χ4v) is 4.46. The molecule has 8 heteroatoms.